The first-order valence-corrected chi connectivity index (χ1v) is 13.2. The molecule has 0 bridgehead atoms. The number of rotatable bonds is 10. The van der Waals surface area contributed by atoms with Crippen molar-refractivity contribution in [2.45, 2.75) is 39.7 Å². The molecule has 0 aromatic heterocycles. The van der Waals surface area contributed by atoms with Crippen LogP contribution in [0.5, 0.6) is 0 Å². The number of allylic oxidation sites excluding steroid dienone is 6. The number of nitrogens with zero attached hydrogens (tertiary/aromatic N) is 3. The molecule has 1 heterocycles. The largest absolute Gasteiger partial charge is 0.371 e. The zero-order chi connectivity index (χ0) is 27.5. The molecule has 0 atom stereocenters. The molecule has 0 amide bonds. The monoisotopic (exact) mass is 512 g/mol. The molecule has 1 N–H and O–H groups in total. The van der Waals surface area contributed by atoms with Gasteiger partial charge in [-0.05, 0) is 95.3 Å². The van der Waals surface area contributed by atoms with Gasteiger partial charge in [-0.3, -0.25) is 4.90 Å². The number of hydrogen-bond donors (Lipinski definition) is 1. The topological polar surface area (TPSA) is 30.9 Å². The SMILES string of the molecule is C=C/C=C\C(C)=C(/C)CN(C)C1CCN(c2ccc(NC(C)=N/C(=C\C=C)c3ccc(F)cc3)cc2)CC1. The first-order valence-electron chi connectivity index (χ1n) is 13.2. The number of benzene rings is 2. The molecule has 0 aliphatic carbocycles. The predicted molar refractivity (Wildman–Crippen MR) is 163 cm³/mol. The number of anilines is 2. The van der Waals surface area contributed by atoms with Crippen LogP contribution in [0.2, 0.25) is 0 Å². The Bertz CT molecular complexity index is 1190. The van der Waals surface area contributed by atoms with Crippen LogP contribution in [0.3, 0.4) is 0 Å². The molecule has 1 saturated heterocycles. The molecule has 1 aliphatic heterocycles. The normalized spacial score (nSPS) is 16.1. The third-order valence-electron chi connectivity index (χ3n) is 6.99. The summed E-state index contributed by atoms with van der Waals surface area (Å²) in [6, 6.07) is 15.4. The molecule has 0 spiro atoms. The molecule has 2 aromatic carbocycles. The van der Waals surface area contributed by atoms with Gasteiger partial charge in [0.1, 0.15) is 11.7 Å². The minimum Gasteiger partial charge on any atom is -0.371 e. The molecule has 1 aliphatic rings. The molecule has 2 aromatic rings. The van der Waals surface area contributed by atoms with E-state index in [0.717, 1.165) is 55.3 Å². The van der Waals surface area contributed by atoms with Gasteiger partial charge < -0.3 is 10.2 Å². The highest BCUT2D eigenvalue weighted by atomic mass is 19.1. The highest BCUT2D eigenvalue weighted by Crippen LogP contribution is 2.25. The number of aliphatic imine (C=N–C) groups is 1. The zero-order valence-electron chi connectivity index (χ0n) is 23.3. The Balaban J connectivity index is 1.56. The molecule has 0 saturated carbocycles. The summed E-state index contributed by atoms with van der Waals surface area (Å²) >= 11 is 0. The van der Waals surface area contributed by atoms with Crippen LogP contribution in [0, 0.1) is 5.82 Å². The van der Waals surface area contributed by atoms with Crippen molar-refractivity contribution in [2.24, 2.45) is 4.99 Å². The van der Waals surface area contributed by atoms with Crippen LogP contribution in [0.25, 0.3) is 5.70 Å². The Morgan fingerprint density at radius 1 is 1.03 bits per heavy atom. The fraction of sp³-hybridized carbons (Fsp3) is 0.303. The second-order valence-corrected chi connectivity index (χ2v) is 9.86. The van der Waals surface area contributed by atoms with E-state index in [4.69, 9.17) is 4.99 Å². The van der Waals surface area contributed by atoms with Crippen LogP contribution in [0.1, 0.15) is 39.2 Å². The van der Waals surface area contributed by atoms with E-state index in [2.05, 4.69) is 79.5 Å². The summed E-state index contributed by atoms with van der Waals surface area (Å²) < 4.78 is 13.3. The van der Waals surface area contributed by atoms with E-state index in [1.165, 1.54) is 29.0 Å². The number of likely N-dealkylation sites (N-methyl/N-ethyl adjacent to an activating group) is 1. The van der Waals surface area contributed by atoms with E-state index in [0.29, 0.717) is 6.04 Å². The molecule has 4 nitrogen and oxygen atoms in total. The van der Waals surface area contributed by atoms with Gasteiger partial charge in [0.2, 0.25) is 0 Å². The van der Waals surface area contributed by atoms with Crippen molar-refractivity contribution in [2.75, 3.05) is 36.9 Å². The molecule has 1 fully saturated rings. The van der Waals surface area contributed by atoms with Crippen molar-refractivity contribution >= 4 is 22.9 Å². The number of halogens is 1. The molecule has 0 unspecified atom stereocenters. The van der Waals surface area contributed by atoms with Gasteiger partial charge in [-0.15, -0.1) is 0 Å². The third-order valence-corrected chi connectivity index (χ3v) is 6.99. The lowest BCUT2D eigenvalue weighted by Gasteiger charge is -2.38. The van der Waals surface area contributed by atoms with Gasteiger partial charge in [0.05, 0.1) is 5.70 Å². The summed E-state index contributed by atoms with van der Waals surface area (Å²) in [6.45, 7) is 16.9. The minimum absolute atomic E-state index is 0.267. The van der Waals surface area contributed by atoms with Crippen LogP contribution in [0.4, 0.5) is 15.8 Å². The third kappa shape index (κ3) is 8.42. The molecular formula is C33H41FN4. The second kappa shape index (κ2) is 14.3. The van der Waals surface area contributed by atoms with Crippen molar-refractivity contribution in [3.05, 3.63) is 115 Å². The Morgan fingerprint density at radius 2 is 1.68 bits per heavy atom. The van der Waals surface area contributed by atoms with E-state index in [1.807, 2.05) is 25.2 Å². The molecule has 200 valence electrons. The predicted octanol–water partition coefficient (Wildman–Crippen LogP) is 7.86. The van der Waals surface area contributed by atoms with Crippen LogP contribution in [0.15, 0.2) is 108 Å². The number of piperidine rings is 1. The van der Waals surface area contributed by atoms with Gasteiger partial charge in [0, 0.05) is 42.6 Å². The summed E-state index contributed by atoms with van der Waals surface area (Å²) in [5.41, 5.74) is 6.49. The molecule has 3 rings (SSSR count). The lowest BCUT2D eigenvalue weighted by Crippen LogP contribution is -2.44. The van der Waals surface area contributed by atoms with E-state index >= 15 is 0 Å². The van der Waals surface area contributed by atoms with E-state index in [-0.39, 0.29) is 5.82 Å². The summed E-state index contributed by atoms with van der Waals surface area (Å²) in [4.78, 5) is 9.65. The van der Waals surface area contributed by atoms with Crippen molar-refractivity contribution in [3.8, 4) is 0 Å². The highest BCUT2D eigenvalue weighted by Gasteiger charge is 2.22. The quantitative estimate of drug-likeness (QED) is 0.200. The summed E-state index contributed by atoms with van der Waals surface area (Å²) in [5, 5.41) is 3.36. The molecular weight excluding hydrogens is 471 g/mol. The van der Waals surface area contributed by atoms with Crippen molar-refractivity contribution in [1.29, 1.82) is 0 Å². The van der Waals surface area contributed by atoms with Crippen molar-refractivity contribution in [1.82, 2.24) is 4.90 Å². The lowest BCUT2D eigenvalue weighted by atomic mass is 10.0. The van der Waals surface area contributed by atoms with E-state index < -0.39 is 0 Å². The molecule has 38 heavy (non-hydrogen) atoms. The average Bonchev–Trinajstić information content (AvgIpc) is 2.92. The number of hydrogen-bond acceptors (Lipinski definition) is 3. The smallest absolute Gasteiger partial charge is 0.123 e. The first kappa shape index (κ1) is 28.9. The summed E-state index contributed by atoms with van der Waals surface area (Å²) in [7, 11) is 2.24. The second-order valence-electron chi connectivity index (χ2n) is 9.86. The fourth-order valence-electron chi connectivity index (χ4n) is 4.65. The van der Waals surface area contributed by atoms with Gasteiger partial charge in [0.25, 0.3) is 0 Å². The van der Waals surface area contributed by atoms with Crippen LogP contribution in [-0.2, 0) is 0 Å². The average molecular weight is 513 g/mol. The zero-order valence-corrected chi connectivity index (χ0v) is 23.3. The maximum atomic E-state index is 13.3. The van der Waals surface area contributed by atoms with Gasteiger partial charge >= 0.3 is 0 Å². The number of amidine groups is 1. The van der Waals surface area contributed by atoms with Gasteiger partial charge in [-0.25, -0.2) is 9.38 Å². The van der Waals surface area contributed by atoms with Crippen molar-refractivity contribution < 1.29 is 4.39 Å². The fourth-order valence-corrected chi connectivity index (χ4v) is 4.65. The van der Waals surface area contributed by atoms with Crippen LogP contribution in [-0.4, -0.2) is 43.5 Å². The standard InChI is InChI=1S/C33H41FN4/c1-7-9-11-25(3)26(4)24-37(6)31-20-22-38(23-21-31)32-18-16-30(17-19-32)35-27(5)36-33(10-8-2)28-12-14-29(34)15-13-28/h7-19,31H,1-2,20-24H2,3-6H3,(H,35,36)/b11-9-,26-25+,33-10-. The Kier molecular flexibility index (Phi) is 10.9. The van der Waals surface area contributed by atoms with Crippen LogP contribution < -0.4 is 10.2 Å². The highest BCUT2D eigenvalue weighted by molar-refractivity contribution is 5.97. The number of nitrogens with one attached hydrogen (secondary N) is 1. The maximum absolute atomic E-state index is 13.3. The van der Waals surface area contributed by atoms with Crippen molar-refractivity contribution in [3.63, 3.8) is 0 Å². The Labute approximate surface area is 228 Å². The maximum Gasteiger partial charge on any atom is 0.123 e. The van der Waals surface area contributed by atoms with E-state index in [9.17, 15) is 4.39 Å². The Morgan fingerprint density at radius 3 is 2.29 bits per heavy atom. The van der Waals surface area contributed by atoms with Crippen LogP contribution >= 0.6 is 0 Å². The molecule has 5 heteroatoms. The van der Waals surface area contributed by atoms with Gasteiger partial charge in [0.15, 0.2) is 0 Å². The summed E-state index contributed by atoms with van der Waals surface area (Å²) in [5.74, 6) is 0.482. The molecule has 0 radical (unpaired) electrons. The lowest BCUT2D eigenvalue weighted by molar-refractivity contribution is 0.223. The van der Waals surface area contributed by atoms with E-state index in [1.54, 1.807) is 18.2 Å². The summed E-state index contributed by atoms with van der Waals surface area (Å²) in [6.07, 6.45) is 11.8. The first-order chi connectivity index (χ1) is 18.3. The van der Waals surface area contributed by atoms with Gasteiger partial charge in [-0.2, -0.15) is 0 Å². The van der Waals surface area contributed by atoms with Gasteiger partial charge in [-0.1, -0.05) is 48.6 Å². The Hall–Kier alpha value is -3.70. The minimum atomic E-state index is -0.267.